The molecule has 0 amide bonds. The topological polar surface area (TPSA) is 78.9 Å². The minimum Gasteiger partial charge on any atom is -0.462 e. The van der Waals surface area contributed by atoms with Gasteiger partial charge < -0.3 is 14.2 Å². The number of hydrogen-bond donors (Lipinski definition) is 0. The van der Waals surface area contributed by atoms with E-state index in [0.29, 0.717) is 19.3 Å². The second-order valence-electron chi connectivity index (χ2n) is 17.8. The number of unbranched alkanes of at least 4 members (excludes halogenated alkanes) is 27. The average molecular weight is 881 g/mol. The second kappa shape index (κ2) is 51.7. The standard InChI is InChI=1S/C57H100O6/c1-4-7-10-13-16-18-20-22-24-26-28-29-30-32-33-35-37-39-41-44-47-50-56(59)62-53-54(52-61-55(58)49-46-43-15-12-9-6-3)63-57(60)51-48-45-42-40-38-36-34-31-27-25-23-21-19-17-14-11-8-5-2/h7,10,16,18,22,24,28-29,32-33,54H,4-6,8-9,11-15,17,19-21,23,25-27,30-31,34-53H2,1-3H3/b10-7-,18-16-,24-22-,29-28-,33-32-. The lowest BCUT2D eigenvalue weighted by Crippen LogP contribution is -2.30. The lowest BCUT2D eigenvalue weighted by atomic mass is 10.0. The van der Waals surface area contributed by atoms with Crippen molar-refractivity contribution in [1.29, 1.82) is 0 Å². The minimum absolute atomic E-state index is 0.0787. The molecule has 6 heteroatoms. The number of carbonyl (C=O) groups is 3. The van der Waals surface area contributed by atoms with Gasteiger partial charge in [0.25, 0.3) is 0 Å². The molecule has 0 aromatic heterocycles. The van der Waals surface area contributed by atoms with Crippen molar-refractivity contribution in [3.8, 4) is 0 Å². The zero-order valence-corrected chi connectivity index (χ0v) is 41.6. The highest BCUT2D eigenvalue weighted by atomic mass is 16.6. The normalized spacial score (nSPS) is 12.5. The maximum Gasteiger partial charge on any atom is 0.306 e. The molecular weight excluding hydrogens is 781 g/mol. The number of hydrogen-bond acceptors (Lipinski definition) is 6. The molecule has 63 heavy (non-hydrogen) atoms. The Balaban J connectivity index is 4.21. The fourth-order valence-corrected chi connectivity index (χ4v) is 7.53. The van der Waals surface area contributed by atoms with Crippen LogP contribution in [-0.2, 0) is 28.6 Å². The van der Waals surface area contributed by atoms with Crippen molar-refractivity contribution in [3.63, 3.8) is 0 Å². The van der Waals surface area contributed by atoms with E-state index in [2.05, 4.69) is 81.5 Å². The van der Waals surface area contributed by atoms with Gasteiger partial charge in [0.1, 0.15) is 13.2 Å². The molecule has 0 aliphatic heterocycles. The van der Waals surface area contributed by atoms with Crippen LogP contribution in [0.15, 0.2) is 60.8 Å². The third kappa shape index (κ3) is 50.0. The van der Waals surface area contributed by atoms with E-state index in [-0.39, 0.29) is 31.1 Å². The van der Waals surface area contributed by atoms with Crippen LogP contribution < -0.4 is 0 Å². The first-order valence-electron chi connectivity index (χ1n) is 26.8. The van der Waals surface area contributed by atoms with Crippen LogP contribution in [-0.4, -0.2) is 37.2 Å². The van der Waals surface area contributed by atoms with Gasteiger partial charge in [-0.1, -0.05) is 242 Å². The van der Waals surface area contributed by atoms with Gasteiger partial charge in [-0.2, -0.15) is 0 Å². The van der Waals surface area contributed by atoms with Crippen LogP contribution in [0.1, 0.15) is 265 Å². The Labute approximate surface area is 390 Å². The van der Waals surface area contributed by atoms with Gasteiger partial charge in [-0.15, -0.1) is 0 Å². The number of ether oxygens (including phenoxy) is 3. The number of rotatable bonds is 48. The Morgan fingerprint density at radius 3 is 0.968 bits per heavy atom. The van der Waals surface area contributed by atoms with E-state index in [4.69, 9.17) is 14.2 Å². The van der Waals surface area contributed by atoms with Crippen molar-refractivity contribution in [2.75, 3.05) is 13.2 Å². The molecule has 0 aliphatic carbocycles. The fraction of sp³-hybridized carbons (Fsp3) is 0.772. The zero-order valence-electron chi connectivity index (χ0n) is 41.6. The van der Waals surface area contributed by atoms with Crippen molar-refractivity contribution in [2.45, 2.75) is 271 Å². The van der Waals surface area contributed by atoms with Gasteiger partial charge in [-0.25, -0.2) is 0 Å². The molecule has 0 saturated heterocycles. The van der Waals surface area contributed by atoms with Gasteiger partial charge in [0.05, 0.1) is 0 Å². The van der Waals surface area contributed by atoms with Gasteiger partial charge in [0.2, 0.25) is 0 Å². The van der Waals surface area contributed by atoms with Crippen LogP contribution in [0.5, 0.6) is 0 Å². The van der Waals surface area contributed by atoms with Crippen LogP contribution in [0.2, 0.25) is 0 Å². The van der Waals surface area contributed by atoms with E-state index in [1.54, 1.807) is 0 Å². The lowest BCUT2D eigenvalue weighted by molar-refractivity contribution is -0.167. The molecule has 1 unspecified atom stereocenters. The van der Waals surface area contributed by atoms with E-state index < -0.39 is 6.10 Å². The minimum atomic E-state index is -0.776. The van der Waals surface area contributed by atoms with Gasteiger partial charge >= 0.3 is 17.9 Å². The van der Waals surface area contributed by atoms with E-state index in [1.165, 1.54) is 116 Å². The monoisotopic (exact) mass is 881 g/mol. The summed E-state index contributed by atoms with van der Waals surface area (Å²) in [7, 11) is 0. The van der Waals surface area contributed by atoms with E-state index in [0.717, 1.165) is 109 Å². The van der Waals surface area contributed by atoms with Crippen molar-refractivity contribution in [1.82, 2.24) is 0 Å². The summed E-state index contributed by atoms with van der Waals surface area (Å²) in [6.07, 6.45) is 63.8. The largest absolute Gasteiger partial charge is 0.462 e. The van der Waals surface area contributed by atoms with Crippen LogP contribution >= 0.6 is 0 Å². The molecule has 0 aliphatic rings. The second-order valence-corrected chi connectivity index (χ2v) is 17.8. The van der Waals surface area contributed by atoms with Crippen molar-refractivity contribution in [2.24, 2.45) is 0 Å². The summed E-state index contributed by atoms with van der Waals surface area (Å²) < 4.78 is 16.7. The van der Waals surface area contributed by atoms with Crippen molar-refractivity contribution >= 4 is 17.9 Å². The summed E-state index contributed by atoms with van der Waals surface area (Å²) in [5.41, 5.74) is 0. The van der Waals surface area contributed by atoms with Gasteiger partial charge in [-0.3, -0.25) is 14.4 Å². The Morgan fingerprint density at radius 2 is 0.619 bits per heavy atom. The Hall–Kier alpha value is -2.89. The zero-order chi connectivity index (χ0) is 45.8. The number of carbonyl (C=O) groups excluding carboxylic acids is 3. The molecule has 0 rings (SSSR count). The molecule has 0 bridgehead atoms. The maximum atomic E-state index is 12.8. The predicted molar refractivity (Wildman–Crippen MR) is 270 cm³/mol. The van der Waals surface area contributed by atoms with Crippen molar-refractivity contribution < 1.29 is 28.6 Å². The third-order valence-electron chi connectivity index (χ3n) is 11.5. The summed E-state index contributed by atoms with van der Waals surface area (Å²) in [5.74, 6) is -0.900. The van der Waals surface area contributed by atoms with Crippen LogP contribution in [0, 0.1) is 0 Å². The Morgan fingerprint density at radius 1 is 0.333 bits per heavy atom. The molecular formula is C57H100O6. The van der Waals surface area contributed by atoms with Crippen LogP contribution in [0.25, 0.3) is 0 Å². The molecule has 0 saturated carbocycles. The molecule has 0 aromatic carbocycles. The molecule has 0 fully saturated rings. The van der Waals surface area contributed by atoms with E-state index in [1.807, 2.05) is 0 Å². The molecule has 0 heterocycles. The molecule has 0 aromatic rings. The van der Waals surface area contributed by atoms with Crippen LogP contribution in [0.4, 0.5) is 0 Å². The average Bonchev–Trinajstić information content (AvgIpc) is 3.28. The van der Waals surface area contributed by atoms with Crippen LogP contribution in [0.3, 0.4) is 0 Å². The summed E-state index contributed by atoms with van der Waals surface area (Å²) in [5, 5.41) is 0. The fourth-order valence-electron chi connectivity index (χ4n) is 7.53. The number of esters is 3. The number of allylic oxidation sites excluding steroid dienone is 10. The molecule has 6 nitrogen and oxygen atoms in total. The molecule has 0 radical (unpaired) electrons. The molecule has 364 valence electrons. The highest BCUT2D eigenvalue weighted by molar-refractivity contribution is 5.71. The quantitative estimate of drug-likeness (QED) is 0.0262. The summed E-state index contributed by atoms with van der Waals surface area (Å²) in [6, 6.07) is 0. The highest BCUT2D eigenvalue weighted by Gasteiger charge is 2.19. The van der Waals surface area contributed by atoms with E-state index in [9.17, 15) is 14.4 Å². The smallest absolute Gasteiger partial charge is 0.306 e. The first kappa shape index (κ1) is 60.1. The summed E-state index contributed by atoms with van der Waals surface area (Å²) in [4.78, 5) is 37.8. The SMILES string of the molecule is CC/C=C\C/C=C\C/C=C\C/C=C\C/C=C\CCCCCCCC(=O)OCC(COC(=O)CCCCCCCC)OC(=O)CCCCCCCCCCCCCCCCCCCC. The molecule has 1 atom stereocenters. The Kier molecular flexibility index (Phi) is 49.4. The molecule has 0 N–H and O–H groups in total. The summed E-state index contributed by atoms with van der Waals surface area (Å²) in [6.45, 7) is 6.47. The predicted octanol–water partition coefficient (Wildman–Crippen LogP) is 17.6. The van der Waals surface area contributed by atoms with Gasteiger partial charge in [0, 0.05) is 19.3 Å². The summed E-state index contributed by atoms with van der Waals surface area (Å²) >= 11 is 0. The first-order chi connectivity index (χ1) is 31.0. The van der Waals surface area contributed by atoms with Gasteiger partial charge in [0.15, 0.2) is 6.10 Å². The highest BCUT2D eigenvalue weighted by Crippen LogP contribution is 2.16. The van der Waals surface area contributed by atoms with Gasteiger partial charge in [-0.05, 0) is 64.2 Å². The third-order valence-corrected chi connectivity index (χ3v) is 11.5. The molecule has 0 spiro atoms. The Bertz CT molecular complexity index is 1150. The van der Waals surface area contributed by atoms with Crippen molar-refractivity contribution in [3.05, 3.63) is 60.8 Å². The lowest BCUT2D eigenvalue weighted by Gasteiger charge is -2.18. The maximum absolute atomic E-state index is 12.8. The first-order valence-corrected chi connectivity index (χ1v) is 26.8. The van der Waals surface area contributed by atoms with E-state index >= 15 is 0 Å².